The monoisotopic (exact) mass is 533 g/mol. The van der Waals surface area contributed by atoms with Crippen LogP contribution in [0.25, 0.3) is 0 Å². The van der Waals surface area contributed by atoms with Crippen LogP contribution in [0.5, 0.6) is 28.7 Å². The summed E-state index contributed by atoms with van der Waals surface area (Å²) in [5, 5.41) is 0. The van der Waals surface area contributed by atoms with Crippen LogP contribution in [0.1, 0.15) is 35.4 Å². The van der Waals surface area contributed by atoms with Gasteiger partial charge in [0.1, 0.15) is 12.4 Å². The number of methoxy groups -OCH3 is 3. The summed E-state index contributed by atoms with van der Waals surface area (Å²) in [7, 11) is 4.66. The first-order chi connectivity index (χ1) is 18.9. The zero-order chi connectivity index (χ0) is 27.3. The molecule has 2 atom stereocenters. The Morgan fingerprint density at radius 2 is 1.62 bits per heavy atom. The number of ether oxygens (including phenoxy) is 6. The van der Waals surface area contributed by atoms with Crippen molar-refractivity contribution in [1.82, 2.24) is 0 Å². The first-order valence-electron chi connectivity index (χ1n) is 12.6. The van der Waals surface area contributed by atoms with Gasteiger partial charge in [-0.25, -0.2) is 9.18 Å². The van der Waals surface area contributed by atoms with E-state index >= 15 is 0 Å². The van der Waals surface area contributed by atoms with Crippen molar-refractivity contribution in [3.8, 4) is 28.7 Å². The van der Waals surface area contributed by atoms with Gasteiger partial charge in [0.05, 0.1) is 32.6 Å². The van der Waals surface area contributed by atoms with Gasteiger partial charge in [0, 0.05) is 24.2 Å². The van der Waals surface area contributed by atoms with Crippen LogP contribution in [0.15, 0.2) is 59.8 Å². The van der Waals surface area contributed by atoms with Gasteiger partial charge >= 0.3 is 5.97 Å². The Balaban J connectivity index is 1.53. The van der Waals surface area contributed by atoms with E-state index < -0.39 is 5.92 Å². The minimum Gasteiger partial charge on any atom is -0.493 e. The molecule has 0 spiro atoms. The summed E-state index contributed by atoms with van der Waals surface area (Å²) in [4.78, 5) is 15.4. The number of rotatable bonds is 7. The lowest BCUT2D eigenvalue weighted by Crippen LogP contribution is -2.34. The Morgan fingerprint density at radius 1 is 0.949 bits per heavy atom. The zero-order valence-electron chi connectivity index (χ0n) is 22.1. The predicted octanol–water partition coefficient (Wildman–Crippen LogP) is 5.15. The summed E-state index contributed by atoms with van der Waals surface area (Å²) < 4.78 is 47.4. The second kappa shape index (κ2) is 9.72. The Hall–Kier alpha value is -4.40. The van der Waals surface area contributed by atoms with Crippen molar-refractivity contribution in [2.45, 2.75) is 18.8 Å². The van der Waals surface area contributed by atoms with Gasteiger partial charge < -0.3 is 33.3 Å². The maximum atomic E-state index is 13.6. The molecule has 0 amide bonds. The van der Waals surface area contributed by atoms with Crippen molar-refractivity contribution in [3.63, 3.8) is 0 Å². The van der Waals surface area contributed by atoms with E-state index in [-0.39, 0.29) is 31.1 Å². The molecule has 3 heterocycles. The van der Waals surface area contributed by atoms with Crippen LogP contribution in [0.3, 0.4) is 0 Å². The first-order valence-corrected chi connectivity index (χ1v) is 12.6. The summed E-state index contributed by atoms with van der Waals surface area (Å²) in [6, 6.07) is 14.1. The first kappa shape index (κ1) is 24.9. The van der Waals surface area contributed by atoms with E-state index in [4.69, 9.17) is 28.4 Å². The van der Waals surface area contributed by atoms with Gasteiger partial charge in [0.25, 0.3) is 0 Å². The standard InChI is InChI=1S/C30H28FNO7/c1-16(17-5-7-19(31)8-6-17)13-32-21-12-24-23(38-15-39-24)11-20(21)27(28-22(32)14-37-30(28)33)18-9-25(34-2)29(36-4)26(10-18)35-3/h5-12,16,27H,13-15H2,1-4H3. The van der Waals surface area contributed by atoms with Gasteiger partial charge in [-0.1, -0.05) is 19.1 Å². The van der Waals surface area contributed by atoms with Crippen LogP contribution in [0, 0.1) is 5.82 Å². The number of esters is 1. The summed E-state index contributed by atoms with van der Waals surface area (Å²) >= 11 is 0. The third-order valence-electron chi connectivity index (χ3n) is 7.52. The van der Waals surface area contributed by atoms with Gasteiger partial charge in [-0.2, -0.15) is 0 Å². The van der Waals surface area contributed by atoms with Crippen molar-refractivity contribution in [1.29, 1.82) is 0 Å². The van der Waals surface area contributed by atoms with Gasteiger partial charge in [0.15, 0.2) is 23.0 Å². The maximum absolute atomic E-state index is 13.6. The summed E-state index contributed by atoms with van der Waals surface area (Å²) in [6.07, 6.45) is 0. The third-order valence-corrected chi connectivity index (χ3v) is 7.52. The van der Waals surface area contributed by atoms with Gasteiger partial charge in [-0.05, 0) is 52.9 Å². The number of hydrogen-bond donors (Lipinski definition) is 0. The molecule has 0 bridgehead atoms. The molecule has 0 saturated carbocycles. The lowest BCUT2D eigenvalue weighted by Gasteiger charge is -2.37. The Labute approximate surface area is 225 Å². The molecule has 0 fully saturated rings. The average Bonchev–Trinajstić information content (AvgIpc) is 3.57. The molecule has 3 aliphatic rings. The molecule has 3 aromatic rings. The van der Waals surface area contributed by atoms with Crippen LogP contribution in [0.4, 0.5) is 10.1 Å². The van der Waals surface area contributed by atoms with Gasteiger partial charge in [-0.3, -0.25) is 0 Å². The molecule has 202 valence electrons. The van der Waals surface area contributed by atoms with Crippen LogP contribution < -0.4 is 28.6 Å². The van der Waals surface area contributed by atoms with E-state index in [0.717, 1.165) is 28.1 Å². The lowest BCUT2D eigenvalue weighted by molar-refractivity contribution is -0.136. The quantitative estimate of drug-likeness (QED) is 0.386. The highest BCUT2D eigenvalue weighted by Gasteiger charge is 2.43. The highest BCUT2D eigenvalue weighted by molar-refractivity contribution is 5.98. The van der Waals surface area contributed by atoms with Crippen LogP contribution in [0.2, 0.25) is 0 Å². The number of nitrogens with zero attached hydrogens (tertiary/aromatic N) is 1. The minimum atomic E-state index is -0.481. The smallest absolute Gasteiger partial charge is 0.337 e. The second-order valence-corrected chi connectivity index (χ2v) is 9.66. The maximum Gasteiger partial charge on any atom is 0.337 e. The fraction of sp³-hybridized carbons (Fsp3) is 0.300. The summed E-state index contributed by atoms with van der Waals surface area (Å²) in [6.45, 7) is 2.87. The van der Waals surface area contributed by atoms with Gasteiger partial charge in [-0.15, -0.1) is 0 Å². The number of carbonyl (C=O) groups excluding carboxylic acids is 1. The number of hydrogen-bond acceptors (Lipinski definition) is 8. The summed E-state index contributed by atoms with van der Waals surface area (Å²) in [5.74, 6) is 1.53. The second-order valence-electron chi connectivity index (χ2n) is 9.66. The molecule has 6 rings (SSSR count). The van der Waals surface area contributed by atoms with E-state index in [0.29, 0.717) is 40.9 Å². The largest absolute Gasteiger partial charge is 0.493 e. The third kappa shape index (κ3) is 4.09. The molecular formula is C30H28FNO7. The lowest BCUT2D eigenvalue weighted by atomic mass is 9.79. The molecule has 3 aliphatic heterocycles. The van der Waals surface area contributed by atoms with E-state index in [1.807, 2.05) is 24.3 Å². The van der Waals surface area contributed by atoms with Crippen molar-refractivity contribution < 1.29 is 37.6 Å². The molecule has 0 aliphatic carbocycles. The normalized spacial score (nSPS) is 17.9. The molecule has 8 nitrogen and oxygen atoms in total. The number of carbonyl (C=O) groups is 1. The number of halogens is 1. The van der Waals surface area contributed by atoms with E-state index in [1.165, 1.54) is 12.1 Å². The molecule has 9 heteroatoms. The van der Waals surface area contributed by atoms with E-state index in [9.17, 15) is 9.18 Å². The fourth-order valence-corrected chi connectivity index (χ4v) is 5.62. The predicted molar refractivity (Wildman–Crippen MR) is 141 cm³/mol. The Morgan fingerprint density at radius 3 is 2.26 bits per heavy atom. The van der Waals surface area contributed by atoms with Crippen molar-refractivity contribution in [2.24, 2.45) is 0 Å². The Kier molecular flexibility index (Phi) is 6.21. The van der Waals surface area contributed by atoms with Crippen LogP contribution in [-0.4, -0.2) is 47.2 Å². The summed E-state index contributed by atoms with van der Waals surface area (Å²) in [5.41, 5.74) is 4.82. The zero-order valence-corrected chi connectivity index (χ0v) is 22.1. The number of fused-ring (bicyclic) bond motifs is 2. The van der Waals surface area contributed by atoms with Gasteiger partial charge in [0.2, 0.25) is 12.5 Å². The molecule has 0 saturated heterocycles. The Bertz CT molecular complexity index is 1460. The van der Waals surface area contributed by atoms with Crippen molar-refractivity contribution in [2.75, 3.05) is 46.2 Å². The number of benzene rings is 3. The molecule has 39 heavy (non-hydrogen) atoms. The molecule has 2 unspecified atom stereocenters. The average molecular weight is 534 g/mol. The molecule has 0 N–H and O–H groups in total. The minimum absolute atomic E-state index is 0.0195. The number of cyclic esters (lactones) is 1. The number of anilines is 1. The SMILES string of the molecule is COc1cc(C2C3=C(COC3=O)N(CC(C)c3ccc(F)cc3)c3cc4c(cc32)OCO4)cc(OC)c1OC. The topological polar surface area (TPSA) is 75.7 Å². The molecular weight excluding hydrogens is 505 g/mol. The molecule has 0 radical (unpaired) electrons. The highest BCUT2D eigenvalue weighted by Crippen LogP contribution is 2.53. The highest BCUT2D eigenvalue weighted by atomic mass is 19.1. The van der Waals surface area contributed by atoms with E-state index in [1.54, 1.807) is 33.5 Å². The van der Waals surface area contributed by atoms with Crippen LogP contribution >= 0.6 is 0 Å². The van der Waals surface area contributed by atoms with Crippen molar-refractivity contribution >= 4 is 11.7 Å². The van der Waals surface area contributed by atoms with E-state index in [2.05, 4.69) is 11.8 Å². The van der Waals surface area contributed by atoms with Crippen molar-refractivity contribution in [3.05, 3.63) is 82.3 Å². The van der Waals surface area contributed by atoms with Crippen LogP contribution in [-0.2, 0) is 9.53 Å². The molecule has 3 aromatic carbocycles. The fourth-order valence-electron chi connectivity index (χ4n) is 5.62. The molecule has 0 aromatic heterocycles.